The summed E-state index contributed by atoms with van der Waals surface area (Å²) in [5.74, 6) is 3.41. The molecule has 0 saturated carbocycles. The van der Waals surface area contributed by atoms with Crippen LogP contribution in [0.15, 0.2) is 0 Å². The van der Waals surface area contributed by atoms with E-state index in [1.54, 1.807) is 0 Å². The molecule has 1 heterocycles. The molecule has 2 nitrogen and oxygen atoms in total. The fourth-order valence-corrected chi connectivity index (χ4v) is 3.54. The molecule has 1 saturated heterocycles. The highest BCUT2D eigenvalue weighted by Gasteiger charge is 2.27. The molecular formula is C12H26N2S. The zero-order chi connectivity index (χ0) is 11.3. The Morgan fingerprint density at radius 2 is 2.20 bits per heavy atom. The number of rotatable bonds is 6. The van der Waals surface area contributed by atoms with Crippen LogP contribution < -0.4 is 5.32 Å². The molecule has 2 unspecified atom stereocenters. The number of hydrogen-bond acceptors (Lipinski definition) is 3. The van der Waals surface area contributed by atoms with E-state index < -0.39 is 0 Å². The third kappa shape index (κ3) is 3.97. The van der Waals surface area contributed by atoms with Crippen molar-refractivity contribution in [1.29, 1.82) is 0 Å². The van der Waals surface area contributed by atoms with E-state index in [0.29, 0.717) is 6.04 Å². The summed E-state index contributed by atoms with van der Waals surface area (Å²) >= 11 is 2.10. The van der Waals surface area contributed by atoms with Gasteiger partial charge in [-0.3, -0.25) is 4.90 Å². The lowest BCUT2D eigenvalue weighted by Crippen LogP contribution is -2.48. The second kappa shape index (κ2) is 6.77. The smallest absolute Gasteiger partial charge is 0.0243 e. The van der Waals surface area contributed by atoms with Crippen molar-refractivity contribution in [3.8, 4) is 0 Å². The normalized spacial score (nSPS) is 24.0. The molecule has 1 fully saturated rings. The molecule has 0 aromatic carbocycles. The summed E-state index contributed by atoms with van der Waals surface area (Å²) in [5.41, 5.74) is 0. The molecule has 0 aromatic heterocycles. The zero-order valence-electron chi connectivity index (χ0n) is 10.6. The van der Waals surface area contributed by atoms with E-state index in [9.17, 15) is 0 Å². The van der Waals surface area contributed by atoms with E-state index in [1.165, 1.54) is 17.9 Å². The average Bonchev–Trinajstić information content (AvgIpc) is 2.70. The molecule has 2 atom stereocenters. The van der Waals surface area contributed by atoms with Gasteiger partial charge in [0.1, 0.15) is 0 Å². The van der Waals surface area contributed by atoms with Crippen LogP contribution in [-0.4, -0.2) is 48.6 Å². The first-order chi connectivity index (χ1) is 7.16. The highest BCUT2D eigenvalue weighted by molar-refractivity contribution is 7.99. The Morgan fingerprint density at radius 3 is 2.67 bits per heavy atom. The van der Waals surface area contributed by atoms with E-state index in [-0.39, 0.29) is 0 Å². The maximum absolute atomic E-state index is 3.49. The Hall–Kier alpha value is 0.270. The fourth-order valence-electron chi connectivity index (χ4n) is 2.26. The van der Waals surface area contributed by atoms with Crippen LogP contribution in [-0.2, 0) is 0 Å². The predicted molar refractivity (Wildman–Crippen MR) is 70.7 cm³/mol. The number of nitrogens with one attached hydrogen (secondary N) is 1. The minimum Gasteiger partial charge on any atom is -0.315 e. The number of thioether (sulfide) groups is 1. The van der Waals surface area contributed by atoms with Gasteiger partial charge < -0.3 is 5.32 Å². The van der Waals surface area contributed by atoms with Crippen molar-refractivity contribution >= 4 is 11.8 Å². The van der Waals surface area contributed by atoms with E-state index in [1.807, 2.05) is 0 Å². The van der Waals surface area contributed by atoms with Gasteiger partial charge in [-0.2, -0.15) is 11.8 Å². The van der Waals surface area contributed by atoms with Crippen molar-refractivity contribution < 1.29 is 0 Å². The van der Waals surface area contributed by atoms with Crippen molar-refractivity contribution in [2.75, 3.05) is 31.6 Å². The molecule has 1 rings (SSSR count). The predicted octanol–water partition coefficient (Wildman–Crippen LogP) is 2.06. The van der Waals surface area contributed by atoms with Gasteiger partial charge in [0.2, 0.25) is 0 Å². The van der Waals surface area contributed by atoms with E-state index >= 15 is 0 Å². The van der Waals surface area contributed by atoms with Gasteiger partial charge in [-0.05, 0) is 31.7 Å². The van der Waals surface area contributed by atoms with Gasteiger partial charge in [0.05, 0.1) is 0 Å². The summed E-state index contributed by atoms with van der Waals surface area (Å²) in [6.45, 7) is 9.06. The lowest BCUT2D eigenvalue weighted by molar-refractivity contribution is 0.145. The third-order valence-electron chi connectivity index (χ3n) is 3.38. The molecular weight excluding hydrogens is 204 g/mol. The second-order valence-electron chi connectivity index (χ2n) is 4.80. The second-order valence-corrected chi connectivity index (χ2v) is 5.95. The average molecular weight is 230 g/mol. The maximum atomic E-state index is 3.49. The van der Waals surface area contributed by atoms with Gasteiger partial charge in [0.15, 0.2) is 0 Å². The van der Waals surface area contributed by atoms with Gasteiger partial charge >= 0.3 is 0 Å². The molecule has 3 heteroatoms. The first kappa shape index (κ1) is 13.3. The lowest BCUT2D eigenvalue weighted by atomic mass is 10.0. The van der Waals surface area contributed by atoms with E-state index in [4.69, 9.17) is 0 Å². The largest absolute Gasteiger partial charge is 0.315 e. The molecule has 0 aromatic rings. The third-order valence-corrected chi connectivity index (χ3v) is 4.52. The van der Waals surface area contributed by atoms with Crippen LogP contribution in [0.1, 0.15) is 27.2 Å². The number of hydrogen-bond donors (Lipinski definition) is 1. The molecule has 90 valence electrons. The van der Waals surface area contributed by atoms with Crippen molar-refractivity contribution in [2.24, 2.45) is 5.92 Å². The van der Waals surface area contributed by atoms with Crippen LogP contribution in [0.5, 0.6) is 0 Å². The summed E-state index contributed by atoms with van der Waals surface area (Å²) in [4.78, 5) is 2.60. The summed E-state index contributed by atoms with van der Waals surface area (Å²) in [7, 11) is 2.30. The standard InChI is InChI=1S/C12H26N2S/c1-5-13-8-12(10(2)3)14(4)11-6-7-15-9-11/h10-13H,5-9H2,1-4H3. The molecule has 0 radical (unpaired) electrons. The van der Waals surface area contributed by atoms with Crippen molar-refractivity contribution in [2.45, 2.75) is 39.3 Å². The molecule has 0 amide bonds. The zero-order valence-corrected chi connectivity index (χ0v) is 11.4. The van der Waals surface area contributed by atoms with Gasteiger partial charge in [-0.1, -0.05) is 20.8 Å². The van der Waals surface area contributed by atoms with Gasteiger partial charge in [0.25, 0.3) is 0 Å². The molecule has 1 aliphatic heterocycles. The summed E-state index contributed by atoms with van der Waals surface area (Å²) < 4.78 is 0. The first-order valence-electron chi connectivity index (χ1n) is 6.17. The quantitative estimate of drug-likeness (QED) is 0.752. The Balaban J connectivity index is 2.45. The maximum Gasteiger partial charge on any atom is 0.0243 e. The van der Waals surface area contributed by atoms with Crippen molar-refractivity contribution in [3.05, 3.63) is 0 Å². The fraction of sp³-hybridized carbons (Fsp3) is 1.00. The Morgan fingerprint density at radius 1 is 1.47 bits per heavy atom. The Labute approximate surface area is 99.2 Å². The summed E-state index contributed by atoms with van der Waals surface area (Å²) in [6, 6.07) is 1.50. The molecule has 15 heavy (non-hydrogen) atoms. The number of nitrogens with zero attached hydrogens (tertiary/aromatic N) is 1. The minimum absolute atomic E-state index is 0.689. The first-order valence-corrected chi connectivity index (χ1v) is 7.32. The molecule has 0 spiro atoms. The highest BCUT2D eigenvalue weighted by Crippen LogP contribution is 2.24. The summed E-state index contributed by atoms with van der Waals surface area (Å²) in [5, 5.41) is 3.49. The van der Waals surface area contributed by atoms with Crippen molar-refractivity contribution in [3.63, 3.8) is 0 Å². The van der Waals surface area contributed by atoms with Crippen LogP contribution in [0.2, 0.25) is 0 Å². The van der Waals surface area contributed by atoms with Crippen LogP contribution in [0.4, 0.5) is 0 Å². The van der Waals surface area contributed by atoms with Crippen LogP contribution in [0, 0.1) is 5.92 Å². The lowest BCUT2D eigenvalue weighted by Gasteiger charge is -2.35. The van der Waals surface area contributed by atoms with Crippen LogP contribution >= 0.6 is 11.8 Å². The van der Waals surface area contributed by atoms with Crippen molar-refractivity contribution in [1.82, 2.24) is 10.2 Å². The van der Waals surface area contributed by atoms with Gasteiger partial charge in [0, 0.05) is 24.4 Å². The Bertz CT molecular complexity index is 167. The molecule has 1 aliphatic rings. The van der Waals surface area contributed by atoms with Crippen LogP contribution in [0.25, 0.3) is 0 Å². The topological polar surface area (TPSA) is 15.3 Å². The van der Waals surface area contributed by atoms with Gasteiger partial charge in [-0.25, -0.2) is 0 Å². The summed E-state index contributed by atoms with van der Waals surface area (Å²) in [6.07, 6.45) is 1.37. The minimum atomic E-state index is 0.689. The molecule has 0 aliphatic carbocycles. The molecule has 1 N–H and O–H groups in total. The monoisotopic (exact) mass is 230 g/mol. The van der Waals surface area contributed by atoms with E-state index in [2.05, 4.69) is 49.8 Å². The van der Waals surface area contributed by atoms with Crippen LogP contribution in [0.3, 0.4) is 0 Å². The van der Waals surface area contributed by atoms with E-state index in [0.717, 1.165) is 25.0 Å². The van der Waals surface area contributed by atoms with Gasteiger partial charge in [-0.15, -0.1) is 0 Å². The SMILES string of the molecule is CCNCC(C(C)C)N(C)C1CCSC1. The molecule has 0 bridgehead atoms. The Kier molecular flexibility index (Phi) is 6.02. The number of likely N-dealkylation sites (N-methyl/N-ethyl adjacent to an activating group) is 2. The highest BCUT2D eigenvalue weighted by atomic mass is 32.2.